The zero-order chi connectivity index (χ0) is 22.8. The predicted molar refractivity (Wildman–Crippen MR) is 108 cm³/mol. The Morgan fingerprint density at radius 3 is 2.39 bits per heavy atom. The molecule has 1 fully saturated rings. The van der Waals surface area contributed by atoms with Crippen molar-refractivity contribution in [2.45, 2.75) is 4.90 Å². The Bertz CT molecular complexity index is 1090. The topological polar surface area (TPSA) is 91.0 Å². The van der Waals surface area contributed by atoms with E-state index >= 15 is 0 Å². The van der Waals surface area contributed by atoms with Crippen LogP contribution in [0.15, 0.2) is 35.2 Å². The summed E-state index contributed by atoms with van der Waals surface area (Å²) in [7, 11) is -1.11. The average Bonchev–Trinajstić information content (AvgIpc) is 2.77. The number of anilines is 2. The van der Waals surface area contributed by atoms with Gasteiger partial charge in [0, 0.05) is 32.9 Å². The second-order valence-corrected chi connectivity index (χ2v) is 9.02. The van der Waals surface area contributed by atoms with Crippen molar-refractivity contribution >= 4 is 27.3 Å². The molecule has 8 nitrogen and oxygen atoms in total. The lowest BCUT2D eigenvalue weighted by molar-refractivity contribution is 0.0960. The molecule has 2 aromatic rings. The maximum absolute atomic E-state index is 13.9. The summed E-state index contributed by atoms with van der Waals surface area (Å²) >= 11 is 0. The van der Waals surface area contributed by atoms with Gasteiger partial charge in [-0.05, 0) is 30.3 Å². The van der Waals surface area contributed by atoms with Crippen molar-refractivity contribution in [3.8, 4) is 0 Å². The van der Waals surface area contributed by atoms with Crippen LogP contribution in [-0.2, 0) is 14.8 Å². The lowest BCUT2D eigenvalue weighted by atomic mass is 10.1. The van der Waals surface area contributed by atoms with Gasteiger partial charge in [-0.1, -0.05) is 0 Å². The third-order valence-electron chi connectivity index (χ3n) is 4.69. The van der Waals surface area contributed by atoms with Crippen molar-refractivity contribution in [3.05, 3.63) is 53.3 Å². The molecule has 12 heteroatoms. The number of hydrogen-bond acceptors (Lipinski definition) is 6. The van der Waals surface area contributed by atoms with E-state index in [-0.39, 0.29) is 10.5 Å². The summed E-state index contributed by atoms with van der Waals surface area (Å²) in [6.45, 7) is 1.81. The molecule has 1 amide bonds. The second-order valence-electron chi connectivity index (χ2n) is 6.87. The molecule has 1 aliphatic rings. The van der Waals surface area contributed by atoms with Crippen LogP contribution in [-0.4, -0.2) is 59.0 Å². The number of carbonyl (C=O) groups is 1. The first kappa shape index (κ1) is 22.8. The zero-order valence-electron chi connectivity index (χ0n) is 16.8. The van der Waals surface area contributed by atoms with E-state index in [1.165, 1.54) is 32.3 Å². The molecule has 0 aliphatic carbocycles. The Morgan fingerprint density at radius 2 is 1.74 bits per heavy atom. The molecule has 31 heavy (non-hydrogen) atoms. The molecule has 1 aliphatic heterocycles. The Morgan fingerprint density at radius 1 is 1.06 bits per heavy atom. The summed E-state index contributed by atoms with van der Waals surface area (Å²) in [5.41, 5.74) is 4.37. The van der Waals surface area contributed by atoms with Crippen molar-refractivity contribution in [1.82, 2.24) is 9.73 Å². The Hall–Kier alpha value is -2.83. The van der Waals surface area contributed by atoms with Crippen molar-refractivity contribution in [2.75, 3.05) is 50.7 Å². The number of rotatable bonds is 6. The number of amides is 1. The summed E-state index contributed by atoms with van der Waals surface area (Å²) in [6.07, 6.45) is 0. The van der Waals surface area contributed by atoms with Gasteiger partial charge in [-0.25, -0.2) is 25.9 Å². The van der Waals surface area contributed by atoms with Gasteiger partial charge in [0.15, 0.2) is 17.5 Å². The molecule has 1 heterocycles. The van der Waals surface area contributed by atoms with Crippen LogP contribution in [0.25, 0.3) is 0 Å². The molecule has 0 bridgehead atoms. The van der Waals surface area contributed by atoms with Gasteiger partial charge in [-0.2, -0.15) is 0 Å². The summed E-state index contributed by atoms with van der Waals surface area (Å²) < 4.78 is 71.7. The highest BCUT2D eigenvalue weighted by molar-refractivity contribution is 7.89. The van der Waals surface area contributed by atoms with E-state index in [0.29, 0.717) is 38.1 Å². The molecular formula is C19H21F3N4O4S. The first-order valence-electron chi connectivity index (χ1n) is 9.22. The van der Waals surface area contributed by atoms with Crippen molar-refractivity contribution in [3.63, 3.8) is 0 Å². The molecule has 0 spiro atoms. The van der Waals surface area contributed by atoms with Gasteiger partial charge in [-0.3, -0.25) is 15.6 Å². The minimum atomic E-state index is -3.83. The highest BCUT2D eigenvalue weighted by atomic mass is 32.2. The third kappa shape index (κ3) is 4.75. The number of morpholine rings is 1. The Labute approximate surface area is 177 Å². The predicted octanol–water partition coefficient (Wildman–Crippen LogP) is 1.95. The van der Waals surface area contributed by atoms with Crippen molar-refractivity contribution in [2.24, 2.45) is 0 Å². The molecule has 0 aromatic heterocycles. The van der Waals surface area contributed by atoms with Gasteiger partial charge < -0.3 is 9.64 Å². The number of sulfonamides is 1. The lowest BCUT2D eigenvalue weighted by Gasteiger charge is -2.30. The van der Waals surface area contributed by atoms with Crippen LogP contribution < -0.4 is 15.8 Å². The summed E-state index contributed by atoms with van der Waals surface area (Å²) in [6, 6.07) is 5.73. The number of hydrogen-bond donors (Lipinski definition) is 2. The van der Waals surface area contributed by atoms with Crippen LogP contribution in [0.5, 0.6) is 0 Å². The number of nitrogens with zero attached hydrogens (tertiary/aromatic N) is 2. The highest BCUT2D eigenvalue weighted by Gasteiger charge is 2.24. The molecule has 2 N–H and O–H groups in total. The zero-order valence-corrected chi connectivity index (χ0v) is 17.6. The van der Waals surface area contributed by atoms with Crippen LogP contribution in [0.2, 0.25) is 0 Å². The minimum absolute atomic E-state index is 0.000293. The van der Waals surface area contributed by atoms with E-state index < -0.39 is 39.1 Å². The Balaban J connectivity index is 1.94. The van der Waals surface area contributed by atoms with Crippen LogP contribution in [0.1, 0.15) is 10.4 Å². The van der Waals surface area contributed by atoms with Gasteiger partial charge in [0.1, 0.15) is 0 Å². The van der Waals surface area contributed by atoms with E-state index in [1.54, 1.807) is 0 Å². The third-order valence-corrected chi connectivity index (χ3v) is 6.50. The molecule has 0 atom stereocenters. The molecular weight excluding hydrogens is 437 g/mol. The first-order valence-corrected chi connectivity index (χ1v) is 10.7. The monoisotopic (exact) mass is 458 g/mol. The smallest absolute Gasteiger partial charge is 0.271 e. The number of hydrazine groups is 1. The SMILES string of the molecule is CN(C)S(=O)(=O)c1ccc(N2CCOCC2)c(C(=O)NNc2ccc(F)c(F)c2F)c1. The van der Waals surface area contributed by atoms with Gasteiger partial charge >= 0.3 is 0 Å². The normalized spacial score (nSPS) is 14.6. The molecule has 0 radical (unpaired) electrons. The molecule has 2 aromatic carbocycles. The number of benzene rings is 2. The van der Waals surface area contributed by atoms with E-state index in [1.807, 2.05) is 4.90 Å². The van der Waals surface area contributed by atoms with Crippen molar-refractivity contribution in [1.29, 1.82) is 0 Å². The standard InChI is InChI=1S/C19H21F3N4O4S/c1-25(2)31(28,29)12-3-6-16(26-7-9-30-10-8-26)13(11-12)19(27)24-23-15-5-4-14(20)17(21)18(15)22/h3-6,11,23H,7-10H2,1-2H3,(H,24,27). The van der Waals surface area contributed by atoms with Gasteiger partial charge in [0.25, 0.3) is 5.91 Å². The van der Waals surface area contributed by atoms with Gasteiger partial charge in [0.05, 0.1) is 29.4 Å². The van der Waals surface area contributed by atoms with Crippen LogP contribution in [0.4, 0.5) is 24.5 Å². The fourth-order valence-electron chi connectivity index (χ4n) is 2.96. The number of ether oxygens (including phenoxy) is 1. The van der Waals surface area contributed by atoms with E-state index in [2.05, 4.69) is 10.9 Å². The molecule has 1 saturated heterocycles. The second kappa shape index (κ2) is 9.12. The quantitative estimate of drug-likeness (QED) is 0.508. The fourth-order valence-corrected chi connectivity index (χ4v) is 3.89. The van der Waals surface area contributed by atoms with Crippen LogP contribution in [0, 0.1) is 17.5 Å². The van der Waals surface area contributed by atoms with Gasteiger partial charge in [0.2, 0.25) is 10.0 Å². The molecule has 3 rings (SSSR count). The summed E-state index contributed by atoms with van der Waals surface area (Å²) in [4.78, 5) is 14.6. The highest BCUT2D eigenvalue weighted by Crippen LogP contribution is 2.26. The maximum atomic E-state index is 13.9. The average molecular weight is 458 g/mol. The number of nitrogens with one attached hydrogen (secondary N) is 2. The van der Waals surface area contributed by atoms with Crippen LogP contribution >= 0.6 is 0 Å². The molecule has 0 saturated carbocycles. The number of halogens is 3. The number of carbonyl (C=O) groups excluding carboxylic acids is 1. The van der Waals surface area contributed by atoms with E-state index in [9.17, 15) is 26.4 Å². The van der Waals surface area contributed by atoms with Crippen LogP contribution in [0.3, 0.4) is 0 Å². The van der Waals surface area contributed by atoms with E-state index in [0.717, 1.165) is 10.4 Å². The fraction of sp³-hybridized carbons (Fsp3) is 0.316. The maximum Gasteiger partial charge on any atom is 0.271 e. The van der Waals surface area contributed by atoms with E-state index in [4.69, 9.17) is 4.74 Å². The summed E-state index contributed by atoms with van der Waals surface area (Å²) in [5, 5.41) is 0. The Kier molecular flexibility index (Phi) is 6.72. The minimum Gasteiger partial charge on any atom is -0.378 e. The summed E-state index contributed by atoms with van der Waals surface area (Å²) in [5.74, 6) is -5.35. The molecule has 168 valence electrons. The largest absolute Gasteiger partial charge is 0.378 e. The molecule has 0 unspecified atom stereocenters. The lowest BCUT2D eigenvalue weighted by Crippen LogP contribution is -2.38. The van der Waals surface area contributed by atoms with Gasteiger partial charge in [-0.15, -0.1) is 0 Å². The first-order chi connectivity index (χ1) is 14.6. The van der Waals surface area contributed by atoms with Crippen molar-refractivity contribution < 1.29 is 31.1 Å².